The van der Waals surface area contributed by atoms with E-state index in [4.69, 9.17) is 0 Å². The summed E-state index contributed by atoms with van der Waals surface area (Å²) in [6.45, 7) is 5.79. The van der Waals surface area contributed by atoms with Crippen molar-refractivity contribution in [2.24, 2.45) is 0 Å². The molecule has 1 heterocycles. The maximum absolute atomic E-state index is 14.0. The first kappa shape index (κ1) is 24.1. The lowest BCUT2D eigenvalue weighted by molar-refractivity contribution is -0.274. The minimum Gasteiger partial charge on any atom is -0.406 e. The monoisotopic (exact) mass is 479 g/mol. The molecule has 1 aliphatic heterocycles. The molecule has 4 rings (SSSR count). The third-order valence-electron chi connectivity index (χ3n) is 6.45. The Morgan fingerprint density at radius 1 is 1.03 bits per heavy atom. The van der Waals surface area contributed by atoms with E-state index < -0.39 is 17.9 Å². The van der Waals surface area contributed by atoms with Crippen molar-refractivity contribution in [1.29, 1.82) is 5.26 Å². The van der Waals surface area contributed by atoms with E-state index in [0.29, 0.717) is 28.9 Å². The molecule has 0 aliphatic carbocycles. The fourth-order valence-electron chi connectivity index (χ4n) is 4.63. The van der Waals surface area contributed by atoms with Gasteiger partial charge in [-0.3, -0.25) is 9.80 Å². The maximum atomic E-state index is 14.0. The van der Waals surface area contributed by atoms with Crippen LogP contribution in [0.4, 0.5) is 29.3 Å². The molecule has 0 saturated carbocycles. The normalized spacial score (nSPS) is 20.1. The predicted molar refractivity (Wildman–Crippen MR) is 127 cm³/mol. The van der Waals surface area contributed by atoms with Crippen molar-refractivity contribution >= 4 is 17.4 Å². The number of hydrogen-bond acceptors (Lipinski definition) is 3. The molecule has 5 nitrogen and oxygen atoms in total. The van der Waals surface area contributed by atoms with Crippen LogP contribution in [0.2, 0.25) is 0 Å². The van der Waals surface area contributed by atoms with E-state index in [1.165, 1.54) is 18.2 Å². The number of ether oxygens (including phenoxy) is 1. The first-order valence-electron chi connectivity index (χ1n) is 11.1. The Hall–Kier alpha value is -3.99. The summed E-state index contributed by atoms with van der Waals surface area (Å²) in [4.78, 5) is 17.3. The number of benzene rings is 3. The molecule has 8 heteroatoms. The van der Waals surface area contributed by atoms with Crippen LogP contribution in [0.1, 0.15) is 43.0 Å². The van der Waals surface area contributed by atoms with E-state index in [1.807, 2.05) is 45.0 Å². The zero-order valence-corrected chi connectivity index (χ0v) is 19.5. The number of rotatable bonds is 5. The van der Waals surface area contributed by atoms with E-state index >= 15 is 0 Å². The second-order valence-electron chi connectivity index (χ2n) is 8.72. The minimum atomic E-state index is -4.83. The molecule has 2 atom stereocenters. The van der Waals surface area contributed by atoms with Crippen LogP contribution in [0.25, 0.3) is 0 Å². The minimum absolute atomic E-state index is 0.310. The van der Waals surface area contributed by atoms with Crippen molar-refractivity contribution in [3.63, 3.8) is 0 Å². The van der Waals surface area contributed by atoms with Gasteiger partial charge >= 0.3 is 12.4 Å². The Labute approximate surface area is 202 Å². The van der Waals surface area contributed by atoms with Crippen LogP contribution in [0, 0.1) is 18.3 Å². The zero-order chi connectivity index (χ0) is 25.4. The fraction of sp³-hybridized carbons (Fsp3) is 0.259. The fourth-order valence-corrected chi connectivity index (χ4v) is 4.63. The lowest BCUT2D eigenvalue weighted by Gasteiger charge is -2.38. The summed E-state index contributed by atoms with van der Waals surface area (Å²) in [6.07, 6.45) is -4.32. The molecule has 0 bridgehead atoms. The standard InChI is InChI=1S/C27H24F3N3O2/c1-4-26(3)24(20-6-5-7-23(16-20)35-27(28,29)30)32(21-12-8-18(2)9-13-21)25(34)33(26)22-14-10-19(17-31)11-15-22/h5-16,24H,4H2,1-3H3/t24-,26+/m0/s1. The van der Waals surface area contributed by atoms with Crippen LogP contribution in [-0.4, -0.2) is 17.9 Å². The molecule has 0 N–H and O–H groups in total. The number of hydrogen-bond donors (Lipinski definition) is 0. The van der Waals surface area contributed by atoms with Gasteiger partial charge in [0.15, 0.2) is 0 Å². The van der Waals surface area contributed by atoms with Crippen molar-refractivity contribution in [3.05, 3.63) is 89.5 Å². The number of carbonyl (C=O) groups is 1. The zero-order valence-electron chi connectivity index (χ0n) is 19.5. The molecular weight excluding hydrogens is 455 g/mol. The van der Waals surface area contributed by atoms with Gasteiger partial charge in [-0.05, 0) is 74.4 Å². The maximum Gasteiger partial charge on any atom is 0.573 e. The molecular formula is C27H24F3N3O2. The van der Waals surface area contributed by atoms with Crippen LogP contribution in [-0.2, 0) is 0 Å². The Bertz CT molecular complexity index is 1270. The van der Waals surface area contributed by atoms with Crippen molar-refractivity contribution in [2.75, 3.05) is 9.80 Å². The van der Waals surface area contributed by atoms with Gasteiger partial charge < -0.3 is 4.74 Å². The second kappa shape index (κ2) is 8.99. The molecule has 1 saturated heterocycles. The van der Waals surface area contributed by atoms with Crippen LogP contribution < -0.4 is 14.5 Å². The van der Waals surface area contributed by atoms with Gasteiger partial charge in [-0.1, -0.05) is 36.8 Å². The summed E-state index contributed by atoms with van der Waals surface area (Å²) in [5.74, 6) is -0.346. The highest BCUT2D eigenvalue weighted by Gasteiger charge is 2.55. The van der Waals surface area contributed by atoms with Crippen LogP contribution in [0.3, 0.4) is 0 Å². The largest absolute Gasteiger partial charge is 0.573 e. The van der Waals surface area contributed by atoms with Crippen LogP contribution in [0.15, 0.2) is 72.8 Å². The summed E-state index contributed by atoms with van der Waals surface area (Å²) in [7, 11) is 0. The lowest BCUT2D eigenvalue weighted by atomic mass is 9.83. The third kappa shape index (κ3) is 4.54. The van der Waals surface area contributed by atoms with Crippen LogP contribution in [0.5, 0.6) is 5.75 Å². The number of aryl methyl sites for hydroxylation is 1. The highest BCUT2D eigenvalue weighted by Crippen LogP contribution is 2.50. The Balaban J connectivity index is 1.89. The SMILES string of the molecule is CC[C@]1(C)[C@H](c2cccc(OC(F)(F)F)c2)N(c2ccc(C)cc2)C(=O)N1c1ccc(C#N)cc1. The van der Waals surface area contributed by atoms with Gasteiger partial charge in [-0.25, -0.2) is 4.79 Å². The molecule has 1 aliphatic rings. The lowest BCUT2D eigenvalue weighted by Crippen LogP contribution is -2.45. The highest BCUT2D eigenvalue weighted by molar-refractivity contribution is 6.08. The van der Waals surface area contributed by atoms with Gasteiger partial charge in [-0.15, -0.1) is 13.2 Å². The Morgan fingerprint density at radius 3 is 2.23 bits per heavy atom. The molecule has 35 heavy (non-hydrogen) atoms. The highest BCUT2D eigenvalue weighted by atomic mass is 19.4. The molecule has 0 radical (unpaired) electrons. The van der Waals surface area contributed by atoms with Gasteiger partial charge in [0.25, 0.3) is 0 Å². The van der Waals surface area contributed by atoms with Crippen molar-refractivity contribution < 1.29 is 22.7 Å². The molecule has 0 unspecified atom stereocenters. The predicted octanol–water partition coefficient (Wildman–Crippen LogP) is 7.12. The number of carbonyl (C=O) groups excluding carboxylic acids is 1. The Morgan fingerprint density at radius 2 is 1.66 bits per heavy atom. The van der Waals surface area contributed by atoms with E-state index in [2.05, 4.69) is 10.8 Å². The van der Waals surface area contributed by atoms with Crippen molar-refractivity contribution in [1.82, 2.24) is 0 Å². The van der Waals surface area contributed by atoms with Gasteiger partial charge in [0.05, 0.1) is 23.2 Å². The van der Waals surface area contributed by atoms with Gasteiger partial charge in [0.1, 0.15) is 5.75 Å². The second-order valence-corrected chi connectivity index (χ2v) is 8.72. The van der Waals surface area contributed by atoms with E-state index in [0.717, 1.165) is 5.56 Å². The first-order chi connectivity index (χ1) is 16.6. The number of alkyl halides is 3. The molecule has 3 aromatic rings. The van der Waals surface area contributed by atoms with E-state index in [9.17, 15) is 23.2 Å². The number of nitriles is 1. The average molecular weight is 480 g/mol. The molecule has 2 amide bonds. The molecule has 0 spiro atoms. The first-order valence-corrected chi connectivity index (χ1v) is 11.1. The van der Waals surface area contributed by atoms with E-state index in [-0.39, 0.29) is 11.8 Å². The van der Waals surface area contributed by atoms with Gasteiger partial charge in [-0.2, -0.15) is 5.26 Å². The van der Waals surface area contributed by atoms with Crippen molar-refractivity contribution in [2.45, 2.75) is 45.1 Å². The Kier molecular flexibility index (Phi) is 6.20. The quantitative estimate of drug-likeness (QED) is 0.391. The molecule has 1 fully saturated rings. The number of urea groups is 1. The molecule has 180 valence electrons. The van der Waals surface area contributed by atoms with Crippen molar-refractivity contribution in [3.8, 4) is 11.8 Å². The third-order valence-corrected chi connectivity index (χ3v) is 6.45. The molecule has 0 aromatic heterocycles. The topological polar surface area (TPSA) is 56.6 Å². The summed E-state index contributed by atoms with van der Waals surface area (Å²) in [5.41, 5.74) is 2.39. The van der Waals surface area contributed by atoms with E-state index in [1.54, 1.807) is 40.1 Å². The smallest absolute Gasteiger partial charge is 0.406 e. The van der Waals surface area contributed by atoms with Gasteiger partial charge in [0.2, 0.25) is 0 Å². The summed E-state index contributed by atoms with van der Waals surface area (Å²) >= 11 is 0. The summed E-state index contributed by atoms with van der Waals surface area (Å²) in [5, 5.41) is 9.17. The number of anilines is 2. The number of amides is 2. The average Bonchev–Trinajstić information content (AvgIpc) is 3.06. The summed E-state index contributed by atoms with van der Waals surface area (Å²) in [6, 6.07) is 21.1. The number of nitrogens with zero attached hydrogens (tertiary/aromatic N) is 3. The summed E-state index contributed by atoms with van der Waals surface area (Å²) < 4.78 is 43.0. The van der Waals surface area contributed by atoms with Gasteiger partial charge in [0, 0.05) is 11.4 Å². The molecule has 3 aromatic carbocycles. The van der Waals surface area contributed by atoms with Crippen LogP contribution >= 0.6 is 0 Å². The number of halogens is 3.